The Labute approximate surface area is 108 Å². The molecule has 0 saturated heterocycles. The third-order valence-electron chi connectivity index (χ3n) is 2.42. The molecular formula is C13H22N2OS. The van der Waals surface area contributed by atoms with E-state index in [1.54, 1.807) is 13.3 Å². The minimum atomic E-state index is 0.343. The lowest BCUT2D eigenvalue weighted by Crippen LogP contribution is -2.23. The topological polar surface area (TPSA) is 34.2 Å². The van der Waals surface area contributed by atoms with E-state index in [0.717, 1.165) is 18.0 Å². The highest BCUT2D eigenvalue weighted by molar-refractivity contribution is 7.99. The predicted molar refractivity (Wildman–Crippen MR) is 74.8 cm³/mol. The molecule has 4 heteroatoms. The maximum absolute atomic E-state index is 5.21. The van der Waals surface area contributed by atoms with Gasteiger partial charge in [-0.15, -0.1) is 0 Å². The first-order valence-corrected chi connectivity index (χ1v) is 7.06. The largest absolute Gasteiger partial charge is 0.495 e. The first kappa shape index (κ1) is 14.3. The molecule has 1 aromatic rings. The molecule has 1 unspecified atom stereocenters. The Bertz CT molecular complexity index is 331. The molecule has 0 fully saturated rings. The molecule has 0 saturated carbocycles. The maximum atomic E-state index is 5.21. The van der Waals surface area contributed by atoms with Crippen molar-refractivity contribution in [3.63, 3.8) is 0 Å². The van der Waals surface area contributed by atoms with Gasteiger partial charge in [0.2, 0.25) is 0 Å². The monoisotopic (exact) mass is 254 g/mol. The predicted octanol–water partition coefficient (Wildman–Crippen LogP) is 2.88. The molecule has 1 atom stereocenters. The molecule has 0 bridgehead atoms. The third kappa shape index (κ3) is 4.96. The number of nitrogens with one attached hydrogen (secondary N) is 1. The molecular weight excluding hydrogens is 232 g/mol. The van der Waals surface area contributed by atoms with Gasteiger partial charge in [-0.05, 0) is 23.4 Å². The van der Waals surface area contributed by atoms with Crippen molar-refractivity contribution in [2.45, 2.75) is 32.1 Å². The average Bonchev–Trinajstić information content (AvgIpc) is 2.34. The number of rotatable bonds is 7. The van der Waals surface area contributed by atoms with Gasteiger partial charge in [0.15, 0.2) is 0 Å². The highest BCUT2D eigenvalue weighted by atomic mass is 32.2. The summed E-state index contributed by atoms with van der Waals surface area (Å²) in [7, 11) is 1.67. The maximum Gasteiger partial charge on any atom is 0.137 e. The summed E-state index contributed by atoms with van der Waals surface area (Å²) in [5.41, 5.74) is 1.19. The summed E-state index contributed by atoms with van der Waals surface area (Å²) in [6.45, 7) is 7.52. The van der Waals surface area contributed by atoms with Gasteiger partial charge in [0, 0.05) is 18.0 Å². The van der Waals surface area contributed by atoms with Crippen molar-refractivity contribution in [1.29, 1.82) is 0 Å². The Kier molecular flexibility index (Phi) is 6.37. The van der Waals surface area contributed by atoms with Crippen LogP contribution in [-0.4, -0.2) is 29.6 Å². The lowest BCUT2D eigenvalue weighted by atomic mass is 10.1. The fourth-order valence-corrected chi connectivity index (χ4v) is 2.43. The molecule has 0 aromatic carbocycles. The van der Waals surface area contributed by atoms with E-state index in [2.05, 4.69) is 37.1 Å². The number of ether oxygens (including phenoxy) is 1. The molecule has 0 spiro atoms. The lowest BCUT2D eigenvalue weighted by Gasteiger charge is -2.19. The van der Waals surface area contributed by atoms with Gasteiger partial charge in [-0.1, -0.05) is 20.8 Å². The van der Waals surface area contributed by atoms with Crippen LogP contribution in [0.3, 0.4) is 0 Å². The van der Waals surface area contributed by atoms with E-state index in [4.69, 9.17) is 4.74 Å². The molecule has 17 heavy (non-hydrogen) atoms. The van der Waals surface area contributed by atoms with Gasteiger partial charge in [0.05, 0.1) is 13.3 Å². The minimum absolute atomic E-state index is 0.343. The number of hydrogen-bond donors (Lipinski definition) is 1. The smallest absolute Gasteiger partial charge is 0.137 e. The van der Waals surface area contributed by atoms with Crippen molar-refractivity contribution >= 4 is 11.8 Å². The normalized spacial score (nSPS) is 12.8. The number of thioether (sulfide) groups is 1. The highest BCUT2D eigenvalue weighted by Gasteiger charge is 2.12. The van der Waals surface area contributed by atoms with Crippen LogP contribution < -0.4 is 10.1 Å². The van der Waals surface area contributed by atoms with Crippen molar-refractivity contribution < 1.29 is 4.74 Å². The van der Waals surface area contributed by atoms with Gasteiger partial charge in [-0.2, -0.15) is 11.8 Å². The summed E-state index contributed by atoms with van der Waals surface area (Å²) in [5, 5.41) is 4.14. The second-order valence-electron chi connectivity index (χ2n) is 4.15. The zero-order chi connectivity index (χ0) is 12.7. The number of methoxy groups -OCH3 is 1. The van der Waals surface area contributed by atoms with Crippen molar-refractivity contribution in [2.75, 3.05) is 19.4 Å². The SMILES string of the molecule is CCNC(CSC(C)C)c1cncc(OC)c1. The quantitative estimate of drug-likeness (QED) is 0.811. The van der Waals surface area contributed by atoms with Gasteiger partial charge in [0.1, 0.15) is 5.75 Å². The van der Waals surface area contributed by atoms with Crippen LogP contribution in [0, 0.1) is 0 Å². The van der Waals surface area contributed by atoms with E-state index < -0.39 is 0 Å². The van der Waals surface area contributed by atoms with Gasteiger partial charge >= 0.3 is 0 Å². The van der Waals surface area contributed by atoms with Gasteiger partial charge in [0.25, 0.3) is 0 Å². The summed E-state index contributed by atoms with van der Waals surface area (Å²) in [6.07, 6.45) is 3.65. The fourth-order valence-electron chi connectivity index (χ4n) is 1.55. The average molecular weight is 254 g/mol. The third-order valence-corrected chi connectivity index (χ3v) is 3.61. The number of nitrogens with zero attached hydrogens (tertiary/aromatic N) is 1. The molecule has 1 rings (SSSR count). The first-order valence-electron chi connectivity index (χ1n) is 6.01. The Balaban J connectivity index is 2.73. The molecule has 0 aliphatic rings. The number of hydrogen-bond acceptors (Lipinski definition) is 4. The Morgan fingerprint density at radius 2 is 2.18 bits per heavy atom. The van der Waals surface area contributed by atoms with Crippen LogP contribution >= 0.6 is 11.8 Å². The lowest BCUT2D eigenvalue weighted by molar-refractivity contribution is 0.411. The second kappa shape index (κ2) is 7.56. The summed E-state index contributed by atoms with van der Waals surface area (Å²) in [4.78, 5) is 4.21. The summed E-state index contributed by atoms with van der Waals surface area (Å²) < 4.78 is 5.21. The van der Waals surface area contributed by atoms with Gasteiger partial charge < -0.3 is 10.1 Å². The van der Waals surface area contributed by atoms with Gasteiger partial charge in [-0.25, -0.2) is 0 Å². The van der Waals surface area contributed by atoms with Crippen molar-refractivity contribution in [3.05, 3.63) is 24.0 Å². The molecule has 0 aliphatic carbocycles. The minimum Gasteiger partial charge on any atom is -0.495 e. The number of aromatic nitrogens is 1. The van der Waals surface area contributed by atoms with E-state index in [9.17, 15) is 0 Å². The van der Waals surface area contributed by atoms with Crippen LogP contribution in [0.2, 0.25) is 0 Å². The molecule has 0 aliphatic heterocycles. The molecule has 0 radical (unpaired) electrons. The Morgan fingerprint density at radius 3 is 2.76 bits per heavy atom. The van der Waals surface area contributed by atoms with Crippen LogP contribution in [0.1, 0.15) is 32.4 Å². The van der Waals surface area contributed by atoms with E-state index >= 15 is 0 Å². The first-order chi connectivity index (χ1) is 8.17. The van der Waals surface area contributed by atoms with Crippen LogP contribution in [0.5, 0.6) is 5.75 Å². The molecule has 3 nitrogen and oxygen atoms in total. The molecule has 1 N–H and O–H groups in total. The van der Waals surface area contributed by atoms with Crippen LogP contribution in [-0.2, 0) is 0 Å². The Morgan fingerprint density at radius 1 is 1.41 bits per heavy atom. The van der Waals surface area contributed by atoms with Crippen molar-refractivity contribution in [2.24, 2.45) is 0 Å². The van der Waals surface area contributed by atoms with Crippen LogP contribution in [0.4, 0.5) is 0 Å². The Hall–Kier alpha value is -0.740. The highest BCUT2D eigenvalue weighted by Crippen LogP contribution is 2.23. The van der Waals surface area contributed by atoms with Crippen LogP contribution in [0.15, 0.2) is 18.5 Å². The number of pyridine rings is 1. The fraction of sp³-hybridized carbons (Fsp3) is 0.615. The zero-order valence-electron chi connectivity index (χ0n) is 11.1. The standard InChI is InChI=1S/C13H22N2OS/c1-5-15-13(9-17-10(2)3)11-6-12(16-4)8-14-7-11/h6-8,10,13,15H,5,9H2,1-4H3. The summed E-state index contributed by atoms with van der Waals surface area (Å²) in [5.74, 6) is 1.88. The van der Waals surface area contributed by atoms with Crippen molar-refractivity contribution in [3.8, 4) is 5.75 Å². The summed E-state index contributed by atoms with van der Waals surface area (Å²) >= 11 is 1.96. The molecule has 1 aromatic heterocycles. The van der Waals surface area contributed by atoms with Crippen molar-refractivity contribution in [1.82, 2.24) is 10.3 Å². The second-order valence-corrected chi connectivity index (χ2v) is 5.76. The van der Waals surface area contributed by atoms with Gasteiger partial charge in [-0.3, -0.25) is 4.98 Å². The van der Waals surface area contributed by atoms with E-state index in [1.165, 1.54) is 5.56 Å². The zero-order valence-corrected chi connectivity index (χ0v) is 11.9. The van der Waals surface area contributed by atoms with Crippen LogP contribution in [0.25, 0.3) is 0 Å². The van der Waals surface area contributed by atoms with E-state index in [0.29, 0.717) is 11.3 Å². The van der Waals surface area contributed by atoms with E-state index in [1.807, 2.05) is 18.0 Å². The molecule has 1 heterocycles. The summed E-state index contributed by atoms with van der Waals surface area (Å²) in [6, 6.07) is 2.40. The molecule has 0 amide bonds. The molecule has 96 valence electrons. The van der Waals surface area contributed by atoms with E-state index in [-0.39, 0.29) is 0 Å².